The van der Waals surface area contributed by atoms with Gasteiger partial charge in [0.25, 0.3) is 0 Å². The second-order valence-corrected chi connectivity index (χ2v) is 4.61. The predicted molar refractivity (Wildman–Crippen MR) is 75.6 cm³/mol. The average Bonchev–Trinajstić information content (AvgIpc) is 2.45. The SMILES string of the molecule is CCCCC(=O)NCC(=O)NCCc1ccc(F)cc1. The van der Waals surface area contributed by atoms with E-state index in [4.69, 9.17) is 0 Å². The summed E-state index contributed by atoms with van der Waals surface area (Å²) in [5.41, 5.74) is 0.957. The number of benzene rings is 1. The lowest BCUT2D eigenvalue weighted by molar-refractivity contribution is -0.126. The summed E-state index contributed by atoms with van der Waals surface area (Å²) >= 11 is 0. The minimum absolute atomic E-state index is 0.00592. The average molecular weight is 280 g/mol. The van der Waals surface area contributed by atoms with Crippen LogP contribution < -0.4 is 10.6 Å². The van der Waals surface area contributed by atoms with Crippen LogP contribution in [-0.2, 0) is 16.0 Å². The maximum absolute atomic E-state index is 12.7. The van der Waals surface area contributed by atoms with E-state index in [1.807, 2.05) is 6.92 Å². The number of carbonyl (C=O) groups is 2. The van der Waals surface area contributed by atoms with Crippen molar-refractivity contribution in [2.45, 2.75) is 32.6 Å². The number of hydrogen-bond donors (Lipinski definition) is 2. The Hall–Kier alpha value is -1.91. The molecule has 2 N–H and O–H groups in total. The molecule has 0 aromatic heterocycles. The topological polar surface area (TPSA) is 58.2 Å². The summed E-state index contributed by atoms with van der Waals surface area (Å²) in [5.74, 6) is -0.579. The fourth-order valence-electron chi connectivity index (χ4n) is 1.66. The van der Waals surface area contributed by atoms with Gasteiger partial charge in [0.05, 0.1) is 6.54 Å². The van der Waals surface area contributed by atoms with Crippen LogP contribution in [0.1, 0.15) is 31.7 Å². The monoisotopic (exact) mass is 280 g/mol. The number of halogens is 1. The Morgan fingerprint density at radius 2 is 1.80 bits per heavy atom. The zero-order chi connectivity index (χ0) is 14.8. The quantitative estimate of drug-likeness (QED) is 0.762. The molecular formula is C15H21FN2O2. The molecule has 4 nitrogen and oxygen atoms in total. The number of nitrogens with one attached hydrogen (secondary N) is 2. The van der Waals surface area contributed by atoms with E-state index in [1.165, 1.54) is 12.1 Å². The zero-order valence-corrected chi connectivity index (χ0v) is 11.7. The summed E-state index contributed by atoms with van der Waals surface area (Å²) in [6.45, 7) is 2.48. The lowest BCUT2D eigenvalue weighted by Crippen LogP contribution is -2.37. The van der Waals surface area contributed by atoms with Gasteiger partial charge in [0.15, 0.2) is 0 Å². The summed E-state index contributed by atoms with van der Waals surface area (Å²) in [4.78, 5) is 22.8. The van der Waals surface area contributed by atoms with Crippen molar-refractivity contribution in [3.8, 4) is 0 Å². The molecule has 0 saturated heterocycles. The van der Waals surface area contributed by atoms with Gasteiger partial charge in [0, 0.05) is 13.0 Å². The van der Waals surface area contributed by atoms with Crippen LogP contribution in [0.25, 0.3) is 0 Å². The largest absolute Gasteiger partial charge is 0.354 e. The van der Waals surface area contributed by atoms with Crippen LogP contribution in [0.4, 0.5) is 4.39 Å². The molecule has 0 bridgehead atoms. The van der Waals surface area contributed by atoms with E-state index >= 15 is 0 Å². The molecule has 0 heterocycles. The van der Waals surface area contributed by atoms with E-state index in [9.17, 15) is 14.0 Å². The predicted octanol–water partition coefficient (Wildman–Crippen LogP) is 1.79. The molecule has 0 aliphatic heterocycles. The number of rotatable bonds is 8. The molecule has 0 fully saturated rings. The first-order chi connectivity index (χ1) is 9.61. The lowest BCUT2D eigenvalue weighted by atomic mass is 10.1. The Morgan fingerprint density at radius 3 is 2.45 bits per heavy atom. The summed E-state index contributed by atoms with van der Waals surface area (Å²) in [5, 5.41) is 5.28. The van der Waals surface area contributed by atoms with Gasteiger partial charge in [-0.1, -0.05) is 25.5 Å². The molecular weight excluding hydrogens is 259 g/mol. The van der Waals surface area contributed by atoms with Crippen molar-refractivity contribution >= 4 is 11.8 Å². The number of amides is 2. The van der Waals surface area contributed by atoms with Crippen LogP contribution in [0, 0.1) is 5.82 Å². The minimum atomic E-state index is -0.271. The third-order valence-electron chi connectivity index (χ3n) is 2.85. The normalized spacial score (nSPS) is 10.1. The van der Waals surface area contributed by atoms with E-state index in [2.05, 4.69) is 10.6 Å². The Morgan fingerprint density at radius 1 is 1.10 bits per heavy atom. The van der Waals surface area contributed by atoms with Crippen molar-refractivity contribution in [2.75, 3.05) is 13.1 Å². The molecule has 1 rings (SSSR count). The Labute approximate surface area is 118 Å². The third kappa shape index (κ3) is 6.87. The standard InChI is InChI=1S/C15H21FN2O2/c1-2-3-4-14(19)18-11-15(20)17-10-9-12-5-7-13(16)8-6-12/h5-8H,2-4,9-11H2,1H3,(H,17,20)(H,18,19). The highest BCUT2D eigenvalue weighted by Gasteiger charge is 2.04. The van der Waals surface area contributed by atoms with E-state index < -0.39 is 0 Å². The zero-order valence-electron chi connectivity index (χ0n) is 11.7. The lowest BCUT2D eigenvalue weighted by Gasteiger charge is -2.07. The van der Waals surface area contributed by atoms with Gasteiger partial charge in [0.1, 0.15) is 5.82 Å². The highest BCUT2D eigenvalue weighted by Crippen LogP contribution is 2.02. The second kappa shape index (κ2) is 9.07. The van der Waals surface area contributed by atoms with Crippen molar-refractivity contribution in [3.63, 3.8) is 0 Å². The fourth-order valence-corrected chi connectivity index (χ4v) is 1.66. The van der Waals surface area contributed by atoms with Gasteiger partial charge in [-0.2, -0.15) is 0 Å². The molecule has 0 radical (unpaired) electrons. The number of carbonyl (C=O) groups excluding carboxylic acids is 2. The van der Waals surface area contributed by atoms with E-state index in [0.717, 1.165) is 18.4 Å². The van der Waals surface area contributed by atoms with E-state index in [-0.39, 0.29) is 24.2 Å². The Bertz CT molecular complexity index is 432. The summed E-state index contributed by atoms with van der Waals surface area (Å²) in [6, 6.07) is 6.16. The van der Waals surface area contributed by atoms with Crippen molar-refractivity contribution in [1.82, 2.24) is 10.6 Å². The van der Waals surface area contributed by atoms with Gasteiger partial charge in [0.2, 0.25) is 11.8 Å². The van der Waals surface area contributed by atoms with Crippen LogP contribution in [0.15, 0.2) is 24.3 Å². The highest BCUT2D eigenvalue weighted by atomic mass is 19.1. The maximum Gasteiger partial charge on any atom is 0.239 e. The number of unbranched alkanes of at least 4 members (excludes halogenated alkanes) is 1. The van der Waals surface area contributed by atoms with Gasteiger partial charge in [-0.05, 0) is 30.5 Å². The second-order valence-electron chi connectivity index (χ2n) is 4.61. The first-order valence-electron chi connectivity index (χ1n) is 6.89. The minimum Gasteiger partial charge on any atom is -0.354 e. The summed E-state index contributed by atoms with van der Waals surface area (Å²) < 4.78 is 12.7. The molecule has 20 heavy (non-hydrogen) atoms. The summed E-state index contributed by atoms with van der Waals surface area (Å²) in [6.07, 6.45) is 2.88. The van der Waals surface area contributed by atoms with Crippen LogP contribution in [0.3, 0.4) is 0 Å². The van der Waals surface area contributed by atoms with Gasteiger partial charge < -0.3 is 10.6 Å². The molecule has 110 valence electrons. The molecule has 5 heteroatoms. The van der Waals surface area contributed by atoms with Crippen molar-refractivity contribution in [2.24, 2.45) is 0 Å². The Kier molecular flexibility index (Phi) is 7.32. The molecule has 0 unspecified atom stereocenters. The van der Waals surface area contributed by atoms with Crippen LogP contribution in [0.5, 0.6) is 0 Å². The van der Waals surface area contributed by atoms with Crippen molar-refractivity contribution in [3.05, 3.63) is 35.6 Å². The molecule has 0 aliphatic carbocycles. The summed E-state index contributed by atoms with van der Waals surface area (Å²) in [7, 11) is 0. The van der Waals surface area contributed by atoms with E-state index in [0.29, 0.717) is 19.4 Å². The fraction of sp³-hybridized carbons (Fsp3) is 0.467. The smallest absolute Gasteiger partial charge is 0.239 e. The molecule has 0 spiro atoms. The molecule has 1 aromatic rings. The van der Waals surface area contributed by atoms with Crippen molar-refractivity contribution < 1.29 is 14.0 Å². The van der Waals surface area contributed by atoms with Gasteiger partial charge in [-0.25, -0.2) is 4.39 Å². The number of hydrogen-bond acceptors (Lipinski definition) is 2. The van der Waals surface area contributed by atoms with Crippen molar-refractivity contribution in [1.29, 1.82) is 0 Å². The molecule has 0 atom stereocenters. The first kappa shape index (κ1) is 16.1. The van der Waals surface area contributed by atoms with E-state index in [1.54, 1.807) is 12.1 Å². The Balaban J connectivity index is 2.14. The maximum atomic E-state index is 12.7. The molecule has 0 saturated carbocycles. The van der Waals surface area contributed by atoms with Crippen LogP contribution in [-0.4, -0.2) is 24.9 Å². The molecule has 1 aromatic carbocycles. The molecule has 2 amide bonds. The van der Waals surface area contributed by atoms with Gasteiger partial charge in [-0.15, -0.1) is 0 Å². The third-order valence-corrected chi connectivity index (χ3v) is 2.85. The highest BCUT2D eigenvalue weighted by molar-refractivity contribution is 5.84. The van der Waals surface area contributed by atoms with Gasteiger partial charge >= 0.3 is 0 Å². The van der Waals surface area contributed by atoms with Crippen LogP contribution >= 0.6 is 0 Å². The van der Waals surface area contributed by atoms with Gasteiger partial charge in [-0.3, -0.25) is 9.59 Å². The first-order valence-corrected chi connectivity index (χ1v) is 6.89. The molecule has 0 aliphatic rings. The van der Waals surface area contributed by atoms with Crippen LogP contribution in [0.2, 0.25) is 0 Å².